The first-order chi connectivity index (χ1) is 7.02. The molecule has 15 heavy (non-hydrogen) atoms. The van der Waals surface area contributed by atoms with Gasteiger partial charge in [-0.15, -0.1) is 0 Å². The minimum atomic E-state index is -0.00824. The number of Topliss-reactive ketones (excluding diaryl/α,β-unsaturated/α-hetero) is 1. The Balaban J connectivity index is 2.84. The highest BCUT2D eigenvalue weighted by Gasteiger charge is 2.17. The van der Waals surface area contributed by atoms with Crippen LogP contribution in [0.15, 0.2) is 24.3 Å². The third-order valence-corrected chi connectivity index (χ3v) is 2.77. The van der Waals surface area contributed by atoms with E-state index in [1.165, 1.54) is 11.1 Å². The topological polar surface area (TPSA) is 20.3 Å². The van der Waals surface area contributed by atoms with Gasteiger partial charge in [0.15, 0.2) is 0 Å². The summed E-state index contributed by atoms with van der Waals surface area (Å²) in [5.41, 5.74) is 2.51. The van der Waals surface area contributed by atoms with E-state index >= 15 is 0 Å². The lowest BCUT2D eigenvalue weighted by atomic mass is 9.98. The van der Waals surface area contributed by atoms with E-state index in [1.54, 1.807) is 6.92 Å². The van der Waals surface area contributed by atoms with Crippen LogP contribution in [0.1, 0.15) is 18.1 Å². The molecule has 0 heterocycles. The molecule has 0 unspecified atom stereocenters. The summed E-state index contributed by atoms with van der Waals surface area (Å²) in [4.78, 5) is 13.4. The minimum absolute atomic E-state index is 0.00824. The van der Waals surface area contributed by atoms with Crippen molar-refractivity contribution in [1.29, 1.82) is 0 Å². The maximum atomic E-state index is 11.5. The van der Waals surface area contributed by atoms with Crippen molar-refractivity contribution in [1.82, 2.24) is 4.90 Å². The van der Waals surface area contributed by atoms with Crippen molar-refractivity contribution in [3.63, 3.8) is 0 Å². The zero-order chi connectivity index (χ0) is 11.4. The van der Waals surface area contributed by atoms with E-state index in [-0.39, 0.29) is 11.8 Å². The maximum Gasteiger partial charge on any atom is 0.147 e. The maximum absolute atomic E-state index is 11.5. The highest BCUT2D eigenvalue weighted by Crippen LogP contribution is 2.12. The predicted molar refractivity (Wildman–Crippen MR) is 63.0 cm³/mol. The molecular weight excluding hydrogens is 186 g/mol. The van der Waals surface area contributed by atoms with Gasteiger partial charge in [0, 0.05) is 0 Å². The summed E-state index contributed by atoms with van der Waals surface area (Å²) < 4.78 is 0. The number of likely N-dealkylation sites (N-methyl/N-ethyl adjacent to an activating group) is 1. The van der Waals surface area contributed by atoms with Gasteiger partial charge in [-0.1, -0.05) is 24.3 Å². The van der Waals surface area contributed by atoms with Crippen LogP contribution in [0.3, 0.4) is 0 Å². The first kappa shape index (κ1) is 11.9. The van der Waals surface area contributed by atoms with Gasteiger partial charge in [0.1, 0.15) is 5.78 Å². The van der Waals surface area contributed by atoms with E-state index in [4.69, 9.17) is 0 Å². The molecule has 2 nitrogen and oxygen atoms in total. The van der Waals surface area contributed by atoms with Crippen LogP contribution >= 0.6 is 0 Å². The Morgan fingerprint density at radius 3 is 2.40 bits per heavy atom. The number of hydrogen-bond donors (Lipinski definition) is 0. The lowest BCUT2D eigenvalue weighted by molar-refractivity contribution is -0.121. The van der Waals surface area contributed by atoms with E-state index < -0.39 is 0 Å². The van der Waals surface area contributed by atoms with E-state index in [0.717, 1.165) is 6.42 Å². The summed E-state index contributed by atoms with van der Waals surface area (Å²) in [7, 11) is 3.90. The fraction of sp³-hybridized carbons (Fsp3) is 0.462. The van der Waals surface area contributed by atoms with Crippen LogP contribution in [0.2, 0.25) is 0 Å². The molecule has 0 aliphatic carbocycles. The third kappa shape index (κ3) is 3.17. The standard InChI is InChI=1S/C13H19NO/c1-10-7-5-6-8-12(10)9-13(11(2)15)14(3)4/h5-8,13H,9H2,1-4H3/t13-/m0/s1. The molecule has 0 aromatic heterocycles. The Kier molecular flexibility index (Phi) is 4.04. The quantitative estimate of drug-likeness (QED) is 0.750. The van der Waals surface area contributed by atoms with E-state index in [2.05, 4.69) is 19.1 Å². The van der Waals surface area contributed by atoms with Crippen LogP contribution in [0.25, 0.3) is 0 Å². The van der Waals surface area contributed by atoms with E-state index in [0.29, 0.717) is 0 Å². The molecule has 0 saturated heterocycles. The first-order valence-electron chi connectivity index (χ1n) is 5.23. The average Bonchev–Trinajstić information content (AvgIpc) is 2.15. The summed E-state index contributed by atoms with van der Waals surface area (Å²) in [5, 5.41) is 0. The number of nitrogens with zero attached hydrogens (tertiary/aromatic N) is 1. The molecule has 2 heteroatoms. The molecule has 0 spiro atoms. The Hall–Kier alpha value is -1.15. The lowest BCUT2D eigenvalue weighted by Gasteiger charge is -2.22. The number of carbonyl (C=O) groups is 1. The van der Waals surface area contributed by atoms with Gasteiger partial charge in [-0.25, -0.2) is 0 Å². The molecule has 0 N–H and O–H groups in total. The summed E-state index contributed by atoms with van der Waals surface area (Å²) in [6.45, 7) is 3.74. The molecule has 1 rings (SSSR count). The Bertz CT molecular complexity index is 344. The molecule has 0 saturated carbocycles. The Labute approximate surface area is 91.9 Å². The summed E-state index contributed by atoms with van der Waals surface area (Å²) >= 11 is 0. The summed E-state index contributed by atoms with van der Waals surface area (Å²) in [6.07, 6.45) is 0.801. The predicted octanol–water partition coefficient (Wildman–Crippen LogP) is 2.06. The van der Waals surface area contributed by atoms with Gasteiger partial charge in [-0.2, -0.15) is 0 Å². The van der Waals surface area contributed by atoms with Gasteiger partial charge in [0.25, 0.3) is 0 Å². The normalized spacial score (nSPS) is 12.9. The van der Waals surface area contributed by atoms with Crippen LogP contribution in [-0.2, 0) is 11.2 Å². The molecular formula is C13H19NO. The smallest absolute Gasteiger partial charge is 0.147 e. The first-order valence-corrected chi connectivity index (χ1v) is 5.23. The number of aryl methyl sites for hydroxylation is 1. The fourth-order valence-electron chi connectivity index (χ4n) is 1.74. The molecule has 0 aliphatic rings. The van der Waals surface area contributed by atoms with Gasteiger partial charge in [-0.05, 0) is 45.5 Å². The number of rotatable bonds is 4. The molecule has 0 aliphatic heterocycles. The minimum Gasteiger partial charge on any atom is -0.299 e. The monoisotopic (exact) mass is 205 g/mol. The number of ketones is 1. The molecule has 0 fully saturated rings. The summed E-state index contributed by atoms with van der Waals surface area (Å²) in [6, 6.07) is 8.22. The number of carbonyl (C=O) groups excluding carboxylic acids is 1. The summed E-state index contributed by atoms with van der Waals surface area (Å²) in [5.74, 6) is 0.225. The SMILES string of the molecule is CC(=O)[C@H](Cc1ccccc1C)N(C)C. The second kappa shape index (κ2) is 5.08. The van der Waals surface area contributed by atoms with Crippen LogP contribution < -0.4 is 0 Å². The lowest BCUT2D eigenvalue weighted by Crippen LogP contribution is -2.36. The van der Waals surface area contributed by atoms with Crippen molar-refractivity contribution in [2.45, 2.75) is 26.3 Å². The van der Waals surface area contributed by atoms with Gasteiger partial charge in [0.2, 0.25) is 0 Å². The van der Waals surface area contributed by atoms with Crippen molar-refractivity contribution in [3.8, 4) is 0 Å². The number of hydrogen-bond acceptors (Lipinski definition) is 2. The highest BCUT2D eigenvalue weighted by atomic mass is 16.1. The molecule has 0 radical (unpaired) electrons. The number of benzene rings is 1. The second-order valence-electron chi connectivity index (χ2n) is 4.22. The Morgan fingerprint density at radius 1 is 1.33 bits per heavy atom. The van der Waals surface area contributed by atoms with Gasteiger partial charge >= 0.3 is 0 Å². The van der Waals surface area contributed by atoms with Crippen LogP contribution in [0.5, 0.6) is 0 Å². The van der Waals surface area contributed by atoms with Crippen molar-refractivity contribution in [2.75, 3.05) is 14.1 Å². The largest absolute Gasteiger partial charge is 0.299 e. The molecule has 0 bridgehead atoms. The highest BCUT2D eigenvalue weighted by molar-refractivity contribution is 5.81. The zero-order valence-electron chi connectivity index (χ0n) is 9.95. The van der Waals surface area contributed by atoms with Crippen molar-refractivity contribution in [3.05, 3.63) is 35.4 Å². The molecule has 1 atom stereocenters. The average molecular weight is 205 g/mol. The zero-order valence-corrected chi connectivity index (χ0v) is 9.95. The van der Waals surface area contributed by atoms with Gasteiger partial charge in [-0.3, -0.25) is 9.69 Å². The molecule has 82 valence electrons. The van der Waals surface area contributed by atoms with Crippen LogP contribution in [0.4, 0.5) is 0 Å². The van der Waals surface area contributed by atoms with Crippen molar-refractivity contribution in [2.24, 2.45) is 0 Å². The van der Waals surface area contributed by atoms with Crippen molar-refractivity contribution >= 4 is 5.78 Å². The van der Waals surface area contributed by atoms with Gasteiger partial charge < -0.3 is 0 Å². The molecule has 1 aromatic carbocycles. The van der Waals surface area contributed by atoms with Crippen LogP contribution in [-0.4, -0.2) is 30.8 Å². The van der Waals surface area contributed by atoms with E-state index in [9.17, 15) is 4.79 Å². The molecule has 1 aromatic rings. The van der Waals surface area contributed by atoms with Crippen molar-refractivity contribution < 1.29 is 4.79 Å². The second-order valence-corrected chi connectivity index (χ2v) is 4.22. The molecule has 0 amide bonds. The Morgan fingerprint density at radius 2 is 1.93 bits per heavy atom. The van der Waals surface area contributed by atoms with Crippen LogP contribution in [0, 0.1) is 6.92 Å². The fourth-order valence-corrected chi connectivity index (χ4v) is 1.74. The van der Waals surface area contributed by atoms with E-state index in [1.807, 2.05) is 31.1 Å². The van der Waals surface area contributed by atoms with Gasteiger partial charge in [0.05, 0.1) is 6.04 Å². The third-order valence-electron chi connectivity index (χ3n) is 2.77.